The lowest BCUT2D eigenvalue weighted by atomic mass is 9.89. The van der Waals surface area contributed by atoms with Crippen LogP contribution in [0.2, 0.25) is 5.02 Å². The van der Waals surface area contributed by atoms with E-state index < -0.39 is 0 Å². The number of pyridine rings is 1. The molecule has 2 N–H and O–H groups in total. The van der Waals surface area contributed by atoms with Gasteiger partial charge in [-0.15, -0.1) is 0 Å². The van der Waals surface area contributed by atoms with Crippen molar-refractivity contribution < 1.29 is 4.79 Å². The molecular formula is C30H44ClN5O2. The van der Waals surface area contributed by atoms with E-state index in [-0.39, 0.29) is 17.9 Å². The van der Waals surface area contributed by atoms with Crippen LogP contribution in [0.15, 0.2) is 23.0 Å². The molecule has 8 heteroatoms. The molecule has 208 valence electrons. The van der Waals surface area contributed by atoms with Gasteiger partial charge in [0.15, 0.2) is 5.43 Å². The Labute approximate surface area is 232 Å². The number of carbonyl (C=O) groups excluding carboxylic acids is 1. The molecule has 2 aliphatic rings. The summed E-state index contributed by atoms with van der Waals surface area (Å²) in [5.74, 6) is 0.632. The summed E-state index contributed by atoms with van der Waals surface area (Å²) >= 11 is 6.58. The first-order chi connectivity index (χ1) is 18.2. The van der Waals surface area contributed by atoms with Crippen molar-refractivity contribution >= 4 is 29.0 Å². The van der Waals surface area contributed by atoms with Crippen LogP contribution in [0.4, 0.5) is 11.5 Å². The predicted octanol–water partition coefficient (Wildman–Crippen LogP) is 5.26. The van der Waals surface area contributed by atoms with Crippen LogP contribution in [0.5, 0.6) is 0 Å². The van der Waals surface area contributed by atoms with E-state index in [1.54, 1.807) is 12.1 Å². The molecule has 1 saturated heterocycles. The third kappa shape index (κ3) is 6.37. The van der Waals surface area contributed by atoms with Crippen molar-refractivity contribution in [2.45, 2.75) is 84.3 Å². The van der Waals surface area contributed by atoms with Crippen molar-refractivity contribution in [3.05, 3.63) is 55.8 Å². The monoisotopic (exact) mass is 541 g/mol. The number of hydrogen-bond donors (Lipinski definition) is 2. The number of benzene rings is 1. The molecule has 0 atom stereocenters. The summed E-state index contributed by atoms with van der Waals surface area (Å²) in [5.41, 5.74) is 3.92. The molecule has 2 aromatic rings. The van der Waals surface area contributed by atoms with Gasteiger partial charge in [0, 0.05) is 59.8 Å². The molecule has 1 saturated carbocycles. The molecule has 1 aliphatic carbocycles. The van der Waals surface area contributed by atoms with E-state index in [1.807, 2.05) is 19.9 Å². The minimum absolute atomic E-state index is 0.0453. The maximum Gasteiger partial charge on any atom is 0.251 e. The molecule has 0 radical (unpaired) electrons. The number of anilines is 2. The molecule has 38 heavy (non-hydrogen) atoms. The van der Waals surface area contributed by atoms with Gasteiger partial charge >= 0.3 is 0 Å². The first-order valence-electron chi connectivity index (χ1n) is 14.2. The van der Waals surface area contributed by atoms with E-state index in [4.69, 9.17) is 11.6 Å². The number of carbonyl (C=O) groups is 1. The molecule has 7 nitrogen and oxygen atoms in total. The molecule has 1 aliphatic heterocycles. The van der Waals surface area contributed by atoms with Gasteiger partial charge in [-0.3, -0.25) is 9.59 Å². The Hall–Kier alpha value is -2.51. The Morgan fingerprint density at radius 3 is 2.34 bits per heavy atom. The fourth-order valence-corrected chi connectivity index (χ4v) is 6.44. The van der Waals surface area contributed by atoms with Crippen LogP contribution in [0.25, 0.3) is 0 Å². The van der Waals surface area contributed by atoms with Gasteiger partial charge in [0.25, 0.3) is 5.91 Å². The number of nitrogens with one attached hydrogen (secondary N) is 2. The zero-order valence-corrected chi connectivity index (χ0v) is 24.5. The highest BCUT2D eigenvalue weighted by molar-refractivity contribution is 6.31. The van der Waals surface area contributed by atoms with Crippen molar-refractivity contribution in [3.8, 4) is 0 Å². The second-order valence-corrected chi connectivity index (χ2v) is 11.6. The van der Waals surface area contributed by atoms with Crippen LogP contribution in [0.1, 0.15) is 79.0 Å². The maximum absolute atomic E-state index is 13.5. The molecule has 2 heterocycles. The van der Waals surface area contributed by atoms with Gasteiger partial charge in [-0.1, -0.05) is 11.6 Å². The average molecular weight is 542 g/mol. The van der Waals surface area contributed by atoms with Crippen LogP contribution in [-0.2, 0) is 6.54 Å². The maximum atomic E-state index is 13.5. The smallest absolute Gasteiger partial charge is 0.251 e. The number of nitrogens with zero attached hydrogens (tertiary/aromatic N) is 3. The Bertz CT molecular complexity index is 1180. The highest BCUT2D eigenvalue weighted by Gasteiger charge is 2.28. The Balaban J connectivity index is 1.54. The second kappa shape index (κ2) is 12.6. The number of aromatic nitrogens is 1. The molecule has 0 bridgehead atoms. The van der Waals surface area contributed by atoms with Crippen LogP contribution in [0, 0.1) is 13.8 Å². The number of halogens is 1. The molecule has 1 aromatic heterocycles. The lowest BCUT2D eigenvalue weighted by Crippen LogP contribution is -2.42. The molecule has 0 unspecified atom stereocenters. The van der Waals surface area contributed by atoms with Gasteiger partial charge in [-0.05, 0) is 97.5 Å². The first-order valence-corrected chi connectivity index (χ1v) is 14.6. The van der Waals surface area contributed by atoms with Gasteiger partial charge in [0.05, 0.1) is 12.1 Å². The van der Waals surface area contributed by atoms with Crippen molar-refractivity contribution in [1.29, 1.82) is 0 Å². The fourth-order valence-electron chi connectivity index (χ4n) is 6.23. The van der Waals surface area contributed by atoms with Crippen molar-refractivity contribution in [3.63, 3.8) is 0 Å². The molecule has 4 rings (SSSR count). The number of amides is 1. The molecule has 2 fully saturated rings. The van der Waals surface area contributed by atoms with Crippen LogP contribution in [-0.4, -0.2) is 61.6 Å². The zero-order chi connectivity index (χ0) is 27.4. The molecular weight excluding hydrogens is 498 g/mol. The summed E-state index contributed by atoms with van der Waals surface area (Å²) in [7, 11) is 4.32. The predicted molar refractivity (Wildman–Crippen MR) is 158 cm³/mol. The Kier molecular flexibility index (Phi) is 9.42. The SMILES string of the molecule is CCN(c1cc(Cl)cc(C(=O)NCc2c(N3CCCCC3)[nH]c(C)cc2=O)c1C)[C@H]1CC[C@H](N(C)C)CC1. The quantitative estimate of drug-likeness (QED) is 0.476. The lowest BCUT2D eigenvalue weighted by molar-refractivity contribution is 0.0950. The van der Waals surface area contributed by atoms with Crippen LogP contribution >= 0.6 is 11.6 Å². The van der Waals surface area contributed by atoms with E-state index >= 15 is 0 Å². The van der Waals surface area contributed by atoms with E-state index in [1.165, 1.54) is 19.3 Å². The number of hydrogen-bond acceptors (Lipinski definition) is 5. The fraction of sp³-hybridized carbons (Fsp3) is 0.600. The lowest BCUT2D eigenvalue weighted by Gasteiger charge is -2.40. The summed E-state index contributed by atoms with van der Waals surface area (Å²) < 4.78 is 0. The summed E-state index contributed by atoms with van der Waals surface area (Å²) in [6, 6.07) is 6.42. The van der Waals surface area contributed by atoms with E-state index in [0.29, 0.717) is 28.2 Å². The number of aromatic amines is 1. The normalized spacial score (nSPS) is 20.0. The zero-order valence-electron chi connectivity index (χ0n) is 23.7. The van der Waals surface area contributed by atoms with Crippen molar-refractivity contribution in [2.24, 2.45) is 0 Å². The highest BCUT2D eigenvalue weighted by Crippen LogP contribution is 2.34. The number of aryl methyl sites for hydroxylation is 1. The Morgan fingerprint density at radius 1 is 1.05 bits per heavy atom. The van der Waals surface area contributed by atoms with Gasteiger partial charge in [-0.2, -0.15) is 0 Å². The summed E-state index contributed by atoms with van der Waals surface area (Å²) in [6.07, 6.45) is 8.02. The number of H-pyrrole nitrogens is 1. The first kappa shape index (κ1) is 28.5. The third-order valence-electron chi connectivity index (χ3n) is 8.42. The minimum atomic E-state index is -0.205. The molecule has 0 spiro atoms. The standard InChI is InChI=1S/C30H44ClN5O2/c1-6-36(24-12-10-23(11-13-24)34(4)5)27-18-22(31)17-25(21(27)3)30(38)32-19-26-28(37)16-20(2)33-29(26)35-14-8-7-9-15-35/h16-18,23-24H,6-15,19H2,1-5H3,(H,32,38)(H,33,37)/t23-,24-. The van der Waals surface area contributed by atoms with Crippen LogP contribution in [0.3, 0.4) is 0 Å². The van der Waals surface area contributed by atoms with Crippen molar-refractivity contribution in [2.75, 3.05) is 43.5 Å². The second-order valence-electron chi connectivity index (χ2n) is 11.2. The average Bonchev–Trinajstić information content (AvgIpc) is 2.90. The number of piperidine rings is 1. The third-order valence-corrected chi connectivity index (χ3v) is 8.64. The van der Waals surface area contributed by atoms with Gasteiger partial charge in [0.1, 0.15) is 5.82 Å². The van der Waals surface area contributed by atoms with Gasteiger partial charge in [-0.25, -0.2) is 0 Å². The largest absolute Gasteiger partial charge is 0.369 e. The van der Waals surface area contributed by atoms with Crippen LogP contribution < -0.4 is 20.5 Å². The molecule has 1 aromatic carbocycles. The summed E-state index contributed by atoms with van der Waals surface area (Å²) in [4.78, 5) is 36.8. The minimum Gasteiger partial charge on any atom is -0.369 e. The Morgan fingerprint density at radius 2 is 1.71 bits per heavy atom. The van der Waals surface area contributed by atoms with E-state index in [0.717, 1.165) is 68.1 Å². The van der Waals surface area contributed by atoms with Gasteiger partial charge in [0.2, 0.25) is 0 Å². The molecule has 1 amide bonds. The summed E-state index contributed by atoms with van der Waals surface area (Å²) in [6.45, 7) is 8.95. The van der Waals surface area contributed by atoms with Gasteiger partial charge < -0.3 is 25.0 Å². The topological polar surface area (TPSA) is 71.7 Å². The number of rotatable bonds is 8. The van der Waals surface area contributed by atoms with E-state index in [9.17, 15) is 9.59 Å². The highest BCUT2D eigenvalue weighted by atomic mass is 35.5. The van der Waals surface area contributed by atoms with Crippen molar-refractivity contribution in [1.82, 2.24) is 15.2 Å². The van der Waals surface area contributed by atoms with E-state index in [2.05, 4.69) is 46.0 Å². The summed E-state index contributed by atoms with van der Waals surface area (Å²) in [5, 5.41) is 3.59.